The van der Waals surface area contributed by atoms with Crippen molar-refractivity contribution in [1.29, 1.82) is 0 Å². The molecule has 2 aromatic rings. The number of thiophene rings is 1. The van der Waals surface area contributed by atoms with Crippen LogP contribution in [0.15, 0.2) is 36.4 Å². The Kier molecular flexibility index (Phi) is 8.12. The number of carbonyl (C=O) groups is 1. The molecule has 0 saturated carbocycles. The van der Waals surface area contributed by atoms with Gasteiger partial charge in [-0.1, -0.05) is 23.7 Å². The fourth-order valence-electron chi connectivity index (χ4n) is 3.26. The number of hydrogen-bond donors (Lipinski definition) is 2. The minimum Gasteiger partial charge on any atom is -0.493 e. The van der Waals surface area contributed by atoms with Gasteiger partial charge in [0.15, 0.2) is 0 Å². The molecule has 0 aliphatic carbocycles. The number of amides is 1. The lowest BCUT2D eigenvalue weighted by molar-refractivity contribution is -0.123. The summed E-state index contributed by atoms with van der Waals surface area (Å²) in [5, 5.41) is 14.9. The number of likely N-dealkylation sites (tertiary alicyclic amines) is 1. The molecule has 2 N–H and O–H groups in total. The van der Waals surface area contributed by atoms with E-state index in [0.29, 0.717) is 17.5 Å². The van der Waals surface area contributed by atoms with Crippen molar-refractivity contribution in [3.8, 4) is 5.75 Å². The first-order valence-electron chi connectivity index (χ1n) is 9.44. The molecule has 1 aliphatic rings. The zero-order valence-corrected chi connectivity index (χ0v) is 18.4. The van der Waals surface area contributed by atoms with E-state index < -0.39 is 6.10 Å². The predicted octanol–water partition coefficient (Wildman–Crippen LogP) is 2.99. The van der Waals surface area contributed by atoms with E-state index in [9.17, 15) is 9.90 Å². The summed E-state index contributed by atoms with van der Waals surface area (Å²) in [4.78, 5) is 15.5. The van der Waals surface area contributed by atoms with Crippen LogP contribution in [0.25, 0.3) is 0 Å². The van der Waals surface area contributed by atoms with E-state index in [1.807, 2.05) is 30.3 Å². The second kappa shape index (κ2) is 10.6. The van der Waals surface area contributed by atoms with Crippen molar-refractivity contribution >= 4 is 43.4 Å². The molecule has 1 saturated heterocycles. The van der Waals surface area contributed by atoms with Gasteiger partial charge in [-0.05, 0) is 55.5 Å². The number of halogens is 1. The number of aliphatic hydroxyl groups excluding tert-OH is 1. The van der Waals surface area contributed by atoms with Gasteiger partial charge < -0.3 is 20.1 Å². The smallest absolute Gasteiger partial charge is 0.223 e. The molecule has 2 heterocycles. The zero-order valence-electron chi connectivity index (χ0n) is 15.6. The van der Waals surface area contributed by atoms with Crippen molar-refractivity contribution in [2.45, 2.75) is 31.4 Å². The van der Waals surface area contributed by atoms with Crippen molar-refractivity contribution in [2.75, 3.05) is 26.2 Å². The van der Waals surface area contributed by atoms with E-state index in [1.165, 1.54) is 11.3 Å². The maximum Gasteiger partial charge on any atom is 0.223 e. The molecule has 3 rings (SSSR count). The molecular weight excluding hydrogens is 415 g/mol. The molecule has 1 fully saturated rings. The topological polar surface area (TPSA) is 61.8 Å². The molecule has 1 aromatic heterocycles. The summed E-state index contributed by atoms with van der Waals surface area (Å²) in [5.74, 6) is 0.606. The van der Waals surface area contributed by atoms with Gasteiger partial charge in [0.05, 0.1) is 23.4 Å². The average molecular weight is 441 g/mol. The summed E-state index contributed by atoms with van der Waals surface area (Å²) in [6.45, 7) is 2.91. The Morgan fingerprint density at radius 1 is 1.25 bits per heavy atom. The molecule has 1 unspecified atom stereocenters. The number of ether oxygens (including phenoxy) is 1. The second-order valence-corrected chi connectivity index (χ2v) is 9.35. The molecule has 1 amide bonds. The maximum absolute atomic E-state index is 12.5. The van der Waals surface area contributed by atoms with Crippen LogP contribution >= 0.6 is 32.2 Å². The summed E-state index contributed by atoms with van der Waals surface area (Å²) in [7, 11) is 2.62. The number of nitrogens with zero attached hydrogens (tertiary/aromatic N) is 1. The lowest BCUT2D eigenvalue weighted by Crippen LogP contribution is -2.46. The molecule has 1 aliphatic heterocycles. The molecule has 5 nitrogen and oxygen atoms in total. The number of nitrogens with one attached hydrogen (secondary N) is 1. The summed E-state index contributed by atoms with van der Waals surface area (Å²) in [5.41, 5.74) is 0. The molecule has 0 spiro atoms. The number of rotatable bonds is 9. The normalized spacial score (nSPS) is 16.7. The monoisotopic (exact) mass is 440 g/mol. The Morgan fingerprint density at radius 3 is 2.61 bits per heavy atom. The van der Waals surface area contributed by atoms with Gasteiger partial charge in [-0.3, -0.25) is 4.79 Å². The van der Waals surface area contributed by atoms with Crippen molar-refractivity contribution < 1.29 is 14.6 Å². The van der Waals surface area contributed by atoms with Crippen molar-refractivity contribution in [3.05, 3.63) is 45.6 Å². The number of hydrogen-bond acceptors (Lipinski definition) is 5. The SMILES string of the molecule is O=C(CCOc1ccc(P)cc1)N[C@H](CN1CCCC1)[C@H](O)c1ccc(Cl)s1. The van der Waals surface area contributed by atoms with Crippen LogP contribution in [-0.4, -0.2) is 48.2 Å². The van der Waals surface area contributed by atoms with Crippen LogP contribution in [0.4, 0.5) is 0 Å². The molecule has 0 bridgehead atoms. The lowest BCUT2D eigenvalue weighted by atomic mass is 10.1. The molecule has 152 valence electrons. The third-order valence-electron chi connectivity index (χ3n) is 4.74. The van der Waals surface area contributed by atoms with E-state index >= 15 is 0 Å². The predicted molar refractivity (Wildman–Crippen MR) is 118 cm³/mol. The summed E-state index contributed by atoms with van der Waals surface area (Å²) < 4.78 is 6.27. The van der Waals surface area contributed by atoms with Crippen molar-refractivity contribution in [2.24, 2.45) is 0 Å². The van der Waals surface area contributed by atoms with Crippen LogP contribution < -0.4 is 15.4 Å². The highest BCUT2D eigenvalue weighted by Gasteiger charge is 2.27. The van der Waals surface area contributed by atoms with Gasteiger partial charge >= 0.3 is 0 Å². The maximum atomic E-state index is 12.5. The third-order valence-corrected chi connectivity index (χ3v) is 6.43. The summed E-state index contributed by atoms with van der Waals surface area (Å²) in [6.07, 6.45) is 1.77. The number of aliphatic hydroxyl groups is 1. The van der Waals surface area contributed by atoms with Gasteiger partial charge in [0.2, 0.25) is 5.91 Å². The first-order valence-corrected chi connectivity index (χ1v) is 11.2. The quantitative estimate of drug-likeness (QED) is 0.588. The van der Waals surface area contributed by atoms with E-state index in [4.69, 9.17) is 16.3 Å². The highest BCUT2D eigenvalue weighted by atomic mass is 35.5. The van der Waals surface area contributed by atoms with E-state index in [2.05, 4.69) is 19.5 Å². The Hall–Kier alpha value is -1.17. The first kappa shape index (κ1) is 21.5. The first-order chi connectivity index (χ1) is 13.5. The van der Waals surface area contributed by atoms with Gasteiger partial charge in [0.25, 0.3) is 0 Å². The van der Waals surface area contributed by atoms with Gasteiger partial charge in [-0.15, -0.1) is 20.6 Å². The lowest BCUT2D eigenvalue weighted by Gasteiger charge is -2.28. The Balaban J connectivity index is 1.54. The highest BCUT2D eigenvalue weighted by molar-refractivity contribution is 7.27. The number of carbonyl (C=O) groups excluding carboxylic acids is 1. The molecular formula is C20H26ClN2O3PS. The average Bonchev–Trinajstić information content (AvgIpc) is 3.34. The van der Waals surface area contributed by atoms with E-state index in [0.717, 1.165) is 41.9 Å². The van der Waals surface area contributed by atoms with E-state index in [1.54, 1.807) is 6.07 Å². The molecule has 28 heavy (non-hydrogen) atoms. The highest BCUT2D eigenvalue weighted by Crippen LogP contribution is 2.29. The summed E-state index contributed by atoms with van der Waals surface area (Å²) >= 11 is 7.36. The second-order valence-electron chi connectivity index (χ2n) is 6.94. The standard InChI is InChI=1S/C20H26ClN2O3PS/c21-18-8-7-17(28-18)20(25)16(13-23-10-1-2-11-23)22-19(24)9-12-26-14-3-5-15(27)6-4-14/h3-8,16,20,25H,1-2,9-13,27H2,(H,22,24)/t16-,20+/m1/s1. The van der Waals surface area contributed by atoms with Crippen LogP contribution in [0.2, 0.25) is 4.34 Å². The van der Waals surface area contributed by atoms with Gasteiger partial charge in [-0.25, -0.2) is 0 Å². The van der Waals surface area contributed by atoms with Crippen molar-refractivity contribution in [3.63, 3.8) is 0 Å². The van der Waals surface area contributed by atoms with Crippen molar-refractivity contribution in [1.82, 2.24) is 10.2 Å². The third kappa shape index (κ3) is 6.43. The van der Waals surface area contributed by atoms with Crippen LogP contribution in [-0.2, 0) is 4.79 Å². The molecule has 0 radical (unpaired) electrons. The van der Waals surface area contributed by atoms with Gasteiger partial charge in [-0.2, -0.15) is 0 Å². The fourth-order valence-corrected chi connectivity index (χ4v) is 4.56. The fraction of sp³-hybridized carbons (Fsp3) is 0.450. The van der Waals surface area contributed by atoms with Gasteiger partial charge in [0.1, 0.15) is 11.9 Å². The largest absolute Gasteiger partial charge is 0.493 e. The van der Waals surface area contributed by atoms with E-state index in [-0.39, 0.29) is 18.4 Å². The Bertz CT molecular complexity index is 765. The Morgan fingerprint density at radius 2 is 1.96 bits per heavy atom. The van der Waals surface area contributed by atoms with Crippen LogP contribution in [0.1, 0.15) is 30.2 Å². The minimum atomic E-state index is -0.780. The molecule has 3 atom stereocenters. The minimum absolute atomic E-state index is 0.131. The van der Waals surface area contributed by atoms with Gasteiger partial charge in [0, 0.05) is 11.4 Å². The number of benzene rings is 1. The Labute approximate surface area is 177 Å². The van der Waals surface area contributed by atoms with Crippen LogP contribution in [0.3, 0.4) is 0 Å². The molecule has 8 heteroatoms. The summed E-state index contributed by atoms with van der Waals surface area (Å²) in [6, 6.07) is 10.8. The zero-order chi connectivity index (χ0) is 19.9. The molecule has 1 aromatic carbocycles. The van der Waals surface area contributed by atoms with Crippen LogP contribution in [0, 0.1) is 0 Å². The van der Waals surface area contributed by atoms with Crippen LogP contribution in [0.5, 0.6) is 5.75 Å².